The number of carbonyl (C=O) groups excluding carboxylic acids is 1. The number of Topliss-reactive ketones (excluding diaryl/α,β-unsaturated/α-hetero) is 1. The molecule has 0 amide bonds. The summed E-state index contributed by atoms with van der Waals surface area (Å²) in [5, 5.41) is 0. The van der Waals surface area contributed by atoms with E-state index in [0.717, 1.165) is 61.5 Å². The Morgan fingerprint density at radius 2 is 1.41 bits per heavy atom. The molecule has 1 unspecified atom stereocenters. The third-order valence-corrected chi connectivity index (χ3v) is 8.49. The van der Waals surface area contributed by atoms with Gasteiger partial charge in [0.15, 0.2) is 12.1 Å². The van der Waals surface area contributed by atoms with Crippen molar-refractivity contribution in [1.29, 1.82) is 0 Å². The van der Waals surface area contributed by atoms with E-state index < -0.39 is 4.08 Å². The summed E-state index contributed by atoms with van der Waals surface area (Å²) < 4.78 is 10.9. The van der Waals surface area contributed by atoms with Gasteiger partial charge in [0.2, 0.25) is 0 Å². The van der Waals surface area contributed by atoms with Gasteiger partial charge >= 0.3 is 0 Å². The second kappa shape index (κ2) is 10.2. The third kappa shape index (κ3) is 5.46. The first-order valence-electron chi connectivity index (χ1n) is 10.5. The van der Waals surface area contributed by atoms with Crippen LogP contribution in [0.4, 0.5) is 0 Å². The average molecular weight is 429 g/mol. The molecule has 1 aliphatic carbocycles. The molecule has 1 aliphatic heterocycles. The van der Waals surface area contributed by atoms with Gasteiger partial charge < -0.3 is 9.47 Å². The van der Waals surface area contributed by atoms with Gasteiger partial charge in [-0.25, -0.2) is 0 Å². The van der Waals surface area contributed by atoms with Gasteiger partial charge in [0.25, 0.3) is 0 Å². The molecule has 1 saturated heterocycles. The largest absolute Gasteiger partial charge is 0.353 e. The summed E-state index contributed by atoms with van der Waals surface area (Å²) in [5.74, 6) is 0.451. The minimum atomic E-state index is -0.472. The van der Waals surface area contributed by atoms with Crippen molar-refractivity contribution < 1.29 is 14.3 Å². The van der Waals surface area contributed by atoms with E-state index in [1.807, 2.05) is 36.4 Å². The summed E-state index contributed by atoms with van der Waals surface area (Å²) in [6, 6.07) is 20.7. The number of ketones is 1. The van der Waals surface area contributed by atoms with Crippen LogP contribution in [0, 0.1) is 5.92 Å². The highest BCUT2D eigenvalue weighted by molar-refractivity contribution is 8.19. The number of hydrogen-bond donors (Lipinski definition) is 0. The van der Waals surface area contributed by atoms with Gasteiger partial charge in [0.1, 0.15) is 4.08 Å². The lowest BCUT2D eigenvalue weighted by atomic mass is 9.84. The lowest BCUT2D eigenvalue weighted by molar-refractivity contribution is -0.182. The van der Waals surface area contributed by atoms with Crippen molar-refractivity contribution in [2.75, 3.05) is 13.2 Å². The van der Waals surface area contributed by atoms with E-state index in [1.54, 1.807) is 23.5 Å². The highest BCUT2D eigenvalue weighted by Crippen LogP contribution is 2.53. The summed E-state index contributed by atoms with van der Waals surface area (Å²) in [5.41, 5.74) is 0. The minimum Gasteiger partial charge on any atom is -0.353 e. The molecule has 154 valence electrons. The average Bonchev–Trinajstić information content (AvgIpc) is 2.77. The lowest BCUT2D eigenvalue weighted by Gasteiger charge is -2.39. The number of thioether (sulfide) groups is 2. The molecule has 1 heterocycles. The van der Waals surface area contributed by atoms with Crippen LogP contribution in [0.25, 0.3) is 0 Å². The van der Waals surface area contributed by atoms with Crippen LogP contribution in [0.2, 0.25) is 0 Å². The van der Waals surface area contributed by atoms with Crippen LogP contribution in [-0.4, -0.2) is 29.4 Å². The molecule has 5 heteroatoms. The maximum atomic E-state index is 13.8. The molecule has 0 spiro atoms. The van der Waals surface area contributed by atoms with Gasteiger partial charge in [-0.2, -0.15) is 0 Å². The summed E-state index contributed by atoms with van der Waals surface area (Å²) >= 11 is 3.46. The molecule has 2 fully saturated rings. The molecule has 2 aliphatic rings. The minimum absolute atomic E-state index is 0.0744. The Kier molecular flexibility index (Phi) is 7.35. The van der Waals surface area contributed by atoms with Crippen LogP contribution in [0.15, 0.2) is 70.5 Å². The zero-order chi connectivity index (χ0) is 19.9. The second-order valence-electron chi connectivity index (χ2n) is 7.64. The SMILES string of the molecule is O=C1C(CCC2OCCCO2)CCCC1(Sc1ccccc1)Sc1ccccc1. The Hall–Kier alpha value is -1.27. The van der Waals surface area contributed by atoms with Crippen molar-refractivity contribution >= 4 is 29.3 Å². The van der Waals surface area contributed by atoms with Crippen LogP contribution in [0.3, 0.4) is 0 Å². The molecular weight excluding hydrogens is 400 g/mol. The Bertz CT molecular complexity index is 734. The molecule has 0 radical (unpaired) electrons. The first-order valence-corrected chi connectivity index (χ1v) is 12.1. The third-order valence-electron chi connectivity index (χ3n) is 5.50. The van der Waals surface area contributed by atoms with Crippen molar-refractivity contribution in [3.05, 3.63) is 60.7 Å². The van der Waals surface area contributed by atoms with E-state index in [2.05, 4.69) is 24.3 Å². The normalized spacial score (nSPS) is 22.5. The van der Waals surface area contributed by atoms with Crippen molar-refractivity contribution in [2.24, 2.45) is 5.92 Å². The van der Waals surface area contributed by atoms with Crippen molar-refractivity contribution in [3.63, 3.8) is 0 Å². The molecule has 4 rings (SSSR count). The molecular formula is C24H28O3S2. The van der Waals surface area contributed by atoms with E-state index >= 15 is 0 Å². The van der Waals surface area contributed by atoms with Gasteiger partial charge in [-0.05, 0) is 56.4 Å². The fourth-order valence-electron chi connectivity index (χ4n) is 4.04. The molecule has 0 N–H and O–H groups in total. The zero-order valence-corrected chi connectivity index (χ0v) is 18.3. The molecule has 1 atom stereocenters. The van der Waals surface area contributed by atoms with Crippen molar-refractivity contribution in [3.8, 4) is 0 Å². The monoisotopic (exact) mass is 428 g/mol. The van der Waals surface area contributed by atoms with Crippen LogP contribution < -0.4 is 0 Å². The maximum Gasteiger partial charge on any atom is 0.162 e. The Balaban J connectivity index is 1.52. The van der Waals surface area contributed by atoms with E-state index in [9.17, 15) is 4.79 Å². The lowest BCUT2D eigenvalue weighted by Crippen LogP contribution is -2.41. The maximum absolute atomic E-state index is 13.8. The topological polar surface area (TPSA) is 35.5 Å². The Labute approximate surface area is 181 Å². The number of hydrogen-bond acceptors (Lipinski definition) is 5. The van der Waals surface area contributed by atoms with E-state index in [0.29, 0.717) is 5.78 Å². The second-order valence-corrected chi connectivity index (χ2v) is 10.6. The van der Waals surface area contributed by atoms with Crippen LogP contribution in [0.1, 0.15) is 38.5 Å². The summed E-state index contributed by atoms with van der Waals surface area (Å²) in [7, 11) is 0. The number of carbonyl (C=O) groups is 1. The van der Waals surface area contributed by atoms with Gasteiger partial charge in [-0.3, -0.25) is 4.79 Å². The van der Waals surface area contributed by atoms with Crippen molar-refractivity contribution in [2.45, 2.75) is 58.7 Å². The quantitative estimate of drug-likeness (QED) is 0.492. The van der Waals surface area contributed by atoms with Crippen LogP contribution in [0.5, 0.6) is 0 Å². The number of rotatable bonds is 7. The van der Waals surface area contributed by atoms with Gasteiger partial charge in [-0.1, -0.05) is 66.3 Å². The zero-order valence-electron chi connectivity index (χ0n) is 16.6. The van der Waals surface area contributed by atoms with E-state index in [-0.39, 0.29) is 12.2 Å². The highest BCUT2D eigenvalue weighted by Gasteiger charge is 2.46. The molecule has 29 heavy (non-hydrogen) atoms. The molecule has 3 nitrogen and oxygen atoms in total. The van der Waals surface area contributed by atoms with Crippen LogP contribution in [-0.2, 0) is 14.3 Å². The first-order chi connectivity index (χ1) is 14.3. The summed E-state index contributed by atoms with van der Waals surface area (Å²) in [6.07, 6.45) is 5.41. The summed E-state index contributed by atoms with van der Waals surface area (Å²) in [6.45, 7) is 1.53. The first kappa shape index (κ1) is 21.0. The number of benzene rings is 2. The fourth-order valence-corrected chi connectivity index (χ4v) is 7.16. The molecule has 0 bridgehead atoms. The molecule has 1 saturated carbocycles. The van der Waals surface area contributed by atoms with Crippen molar-refractivity contribution in [1.82, 2.24) is 0 Å². The summed E-state index contributed by atoms with van der Waals surface area (Å²) in [4.78, 5) is 16.1. The standard InChI is InChI=1S/C24H28O3S2/c25-23-19(14-15-22-26-17-8-18-27-22)9-7-16-24(23,28-20-10-3-1-4-11-20)29-21-12-5-2-6-13-21/h1-6,10-13,19,22H,7-9,14-18H2. The smallest absolute Gasteiger partial charge is 0.162 e. The van der Waals surface area contributed by atoms with E-state index in [4.69, 9.17) is 9.47 Å². The van der Waals surface area contributed by atoms with Crippen LogP contribution >= 0.6 is 23.5 Å². The predicted molar refractivity (Wildman–Crippen MR) is 119 cm³/mol. The van der Waals surface area contributed by atoms with Gasteiger partial charge in [0.05, 0.1) is 13.2 Å². The fraction of sp³-hybridized carbons (Fsp3) is 0.458. The molecule has 2 aromatic rings. The van der Waals surface area contributed by atoms with E-state index in [1.165, 1.54) is 0 Å². The highest BCUT2D eigenvalue weighted by atomic mass is 32.2. The Morgan fingerprint density at radius 3 is 2.00 bits per heavy atom. The number of ether oxygens (including phenoxy) is 2. The Morgan fingerprint density at radius 1 is 0.828 bits per heavy atom. The molecule has 0 aromatic heterocycles. The predicted octanol–water partition coefficient (Wildman–Crippen LogP) is 6.18. The molecule has 2 aromatic carbocycles. The van der Waals surface area contributed by atoms with Gasteiger partial charge in [0, 0.05) is 15.7 Å². The van der Waals surface area contributed by atoms with Gasteiger partial charge in [-0.15, -0.1) is 0 Å².